The van der Waals surface area contributed by atoms with E-state index in [0.717, 1.165) is 37.3 Å². The number of rotatable bonds is 8. The zero-order chi connectivity index (χ0) is 14.2. The summed E-state index contributed by atoms with van der Waals surface area (Å²) in [7, 11) is 1.76. The zero-order valence-corrected chi connectivity index (χ0v) is 12.5. The lowest BCUT2D eigenvalue weighted by Gasteiger charge is -2.06. The van der Waals surface area contributed by atoms with Crippen LogP contribution < -0.4 is 5.32 Å². The number of aromatic nitrogens is 1. The maximum absolute atomic E-state index is 5.04. The fourth-order valence-electron chi connectivity index (χ4n) is 2.29. The van der Waals surface area contributed by atoms with Crippen LogP contribution in [0.15, 0.2) is 30.3 Å². The highest BCUT2D eigenvalue weighted by Gasteiger charge is 1.98. The van der Waals surface area contributed by atoms with Gasteiger partial charge in [-0.05, 0) is 56.5 Å². The molecule has 0 atom stereocenters. The van der Waals surface area contributed by atoms with Gasteiger partial charge in [-0.15, -0.1) is 0 Å². The van der Waals surface area contributed by atoms with Crippen LogP contribution in [0.25, 0.3) is 10.9 Å². The third kappa shape index (κ3) is 4.58. The Bertz CT molecular complexity index is 540. The molecular weight excluding hydrogens is 248 g/mol. The van der Waals surface area contributed by atoms with Gasteiger partial charge in [0, 0.05) is 31.3 Å². The molecule has 0 radical (unpaired) electrons. The second-order valence-electron chi connectivity index (χ2n) is 5.21. The lowest BCUT2D eigenvalue weighted by atomic mass is 10.1. The summed E-state index contributed by atoms with van der Waals surface area (Å²) in [5.41, 5.74) is 3.47. The first-order valence-electron chi connectivity index (χ1n) is 7.35. The smallest absolute Gasteiger partial charge is 0.0705 e. The number of methoxy groups -OCH3 is 1. The largest absolute Gasteiger partial charge is 0.385 e. The highest BCUT2D eigenvalue weighted by molar-refractivity contribution is 5.79. The number of unbranched alkanes of at least 4 members (excludes halogenated alkanes) is 2. The Labute approximate surface area is 121 Å². The highest BCUT2D eigenvalue weighted by atomic mass is 16.5. The molecule has 0 amide bonds. The van der Waals surface area contributed by atoms with Crippen LogP contribution in [0.3, 0.4) is 0 Å². The van der Waals surface area contributed by atoms with Gasteiger partial charge in [0.2, 0.25) is 0 Å². The van der Waals surface area contributed by atoms with Crippen LogP contribution in [-0.4, -0.2) is 25.2 Å². The summed E-state index contributed by atoms with van der Waals surface area (Å²) >= 11 is 0. The molecule has 0 aliphatic carbocycles. The molecule has 1 aromatic carbocycles. The molecule has 0 saturated heterocycles. The van der Waals surface area contributed by atoms with Gasteiger partial charge in [0.25, 0.3) is 0 Å². The van der Waals surface area contributed by atoms with Gasteiger partial charge >= 0.3 is 0 Å². The average molecular weight is 272 g/mol. The van der Waals surface area contributed by atoms with Gasteiger partial charge in [0.05, 0.1) is 5.52 Å². The molecule has 0 spiro atoms. The van der Waals surface area contributed by atoms with Gasteiger partial charge in [-0.2, -0.15) is 0 Å². The number of ether oxygens (including phenoxy) is 1. The maximum atomic E-state index is 5.04. The van der Waals surface area contributed by atoms with Crippen LogP contribution in [0.5, 0.6) is 0 Å². The van der Waals surface area contributed by atoms with E-state index in [2.05, 4.69) is 40.6 Å². The molecule has 20 heavy (non-hydrogen) atoms. The summed E-state index contributed by atoms with van der Waals surface area (Å²) in [6.45, 7) is 4.89. The third-order valence-corrected chi connectivity index (χ3v) is 3.42. The monoisotopic (exact) mass is 272 g/mol. The normalized spacial score (nSPS) is 11.1. The van der Waals surface area contributed by atoms with Crippen LogP contribution in [0, 0.1) is 6.92 Å². The Morgan fingerprint density at radius 2 is 2.00 bits per heavy atom. The first kappa shape index (κ1) is 14.9. The first-order chi connectivity index (χ1) is 9.79. The molecule has 0 bridgehead atoms. The highest BCUT2D eigenvalue weighted by Crippen LogP contribution is 2.14. The molecule has 0 fully saturated rings. The summed E-state index contributed by atoms with van der Waals surface area (Å²) in [6, 6.07) is 10.7. The van der Waals surface area contributed by atoms with E-state index in [-0.39, 0.29) is 0 Å². The summed E-state index contributed by atoms with van der Waals surface area (Å²) in [4.78, 5) is 4.52. The van der Waals surface area contributed by atoms with Gasteiger partial charge in [-0.25, -0.2) is 0 Å². The van der Waals surface area contributed by atoms with Gasteiger partial charge < -0.3 is 10.1 Å². The van der Waals surface area contributed by atoms with E-state index >= 15 is 0 Å². The molecular formula is C17H24N2O. The van der Waals surface area contributed by atoms with Crippen LogP contribution in [-0.2, 0) is 11.3 Å². The van der Waals surface area contributed by atoms with Gasteiger partial charge in [0.15, 0.2) is 0 Å². The predicted molar refractivity (Wildman–Crippen MR) is 83.9 cm³/mol. The SMILES string of the molecule is COCCCCCNCc1ccc2nc(C)ccc2c1. The minimum Gasteiger partial charge on any atom is -0.385 e. The Kier molecular flexibility index (Phi) is 5.96. The molecule has 1 aromatic heterocycles. The Morgan fingerprint density at radius 3 is 2.85 bits per heavy atom. The van der Waals surface area contributed by atoms with E-state index in [0.29, 0.717) is 0 Å². The quantitative estimate of drug-likeness (QED) is 0.747. The summed E-state index contributed by atoms with van der Waals surface area (Å²) < 4.78 is 5.04. The molecule has 2 aromatic rings. The minimum atomic E-state index is 0.872. The van der Waals surface area contributed by atoms with E-state index in [1.165, 1.54) is 23.8 Å². The van der Waals surface area contributed by atoms with Gasteiger partial charge in [-0.1, -0.05) is 12.1 Å². The first-order valence-corrected chi connectivity index (χ1v) is 7.35. The van der Waals surface area contributed by atoms with Crippen molar-refractivity contribution in [3.8, 4) is 0 Å². The number of nitrogens with one attached hydrogen (secondary N) is 1. The fourth-order valence-corrected chi connectivity index (χ4v) is 2.29. The second kappa shape index (κ2) is 7.98. The lowest BCUT2D eigenvalue weighted by Crippen LogP contribution is -2.14. The number of nitrogens with zero attached hydrogens (tertiary/aromatic N) is 1. The number of aryl methyl sites for hydroxylation is 1. The van der Waals surface area contributed by atoms with Crippen molar-refractivity contribution in [3.63, 3.8) is 0 Å². The van der Waals surface area contributed by atoms with E-state index in [1.54, 1.807) is 7.11 Å². The molecule has 1 N–H and O–H groups in total. The van der Waals surface area contributed by atoms with Crippen molar-refractivity contribution in [2.45, 2.75) is 32.7 Å². The van der Waals surface area contributed by atoms with Crippen molar-refractivity contribution >= 4 is 10.9 Å². The van der Waals surface area contributed by atoms with Crippen LogP contribution in [0.4, 0.5) is 0 Å². The summed E-state index contributed by atoms with van der Waals surface area (Å²) in [5, 5.41) is 4.71. The fraction of sp³-hybridized carbons (Fsp3) is 0.471. The maximum Gasteiger partial charge on any atom is 0.0705 e. The third-order valence-electron chi connectivity index (χ3n) is 3.42. The standard InChI is InChI=1S/C17H24N2O/c1-14-6-8-16-12-15(7-9-17(16)19-14)13-18-10-4-3-5-11-20-2/h6-9,12,18H,3-5,10-11,13H2,1-2H3. The molecule has 0 unspecified atom stereocenters. The Balaban J connectivity index is 1.77. The predicted octanol–water partition coefficient (Wildman–Crippen LogP) is 3.45. The minimum absolute atomic E-state index is 0.872. The van der Waals surface area contributed by atoms with Crippen molar-refractivity contribution in [2.75, 3.05) is 20.3 Å². The van der Waals surface area contributed by atoms with Crippen LogP contribution >= 0.6 is 0 Å². The molecule has 1 heterocycles. The van der Waals surface area contributed by atoms with Crippen molar-refractivity contribution in [1.82, 2.24) is 10.3 Å². The molecule has 0 aliphatic heterocycles. The van der Waals surface area contributed by atoms with Crippen molar-refractivity contribution in [2.24, 2.45) is 0 Å². The number of hydrogen-bond acceptors (Lipinski definition) is 3. The average Bonchev–Trinajstić information content (AvgIpc) is 2.46. The van der Waals surface area contributed by atoms with E-state index in [1.807, 2.05) is 6.92 Å². The van der Waals surface area contributed by atoms with Crippen LogP contribution in [0.1, 0.15) is 30.5 Å². The van der Waals surface area contributed by atoms with E-state index < -0.39 is 0 Å². The van der Waals surface area contributed by atoms with Crippen molar-refractivity contribution < 1.29 is 4.74 Å². The van der Waals surface area contributed by atoms with Crippen LogP contribution in [0.2, 0.25) is 0 Å². The molecule has 3 heteroatoms. The van der Waals surface area contributed by atoms with E-state index in [4.69, 9.17) is 4.74 Å². The zero-order valence-electron chi connectivity index (χ0n) is 12.5. The summed E-state index contributed by atoms with van der Waals surface area (Å²) in [6.07, 6.45) is 3.58. The molecule has 108 valence electrons. The topological polar surface area (TPSA) is 34.1 Å². The van der Waals surface area contributed by atoms with Crippen molar-refractivity contribution in [1.29, 1.82) is 0 Å². The second-order valence-corrected chi connectivity index (χ2v) is 5.21. The molecule has 0 saturated carbocycles. The molecule has 2 rings (SSSR count). The number of fused-ring (bicyclic) bond motifs is 1. The Morgan fingerprint density at radius 1 is 1.10 bits per heavy atom. The van der Waals surface area contributed by atoms with Gasteiger partial charge in [-0.3, -0.25) is 4.98 Å². The lowest BCUT2D eigenvalue weighted by molar-refractivity contribution is 0.192. The summed E-state index contributed by atoms with van der Waals surface area (Å²) in [5.74, 6) is 0. The Hall–Kier alpha value is -1.45. The van der Waals surface area contributed by atoms with E-state index in [9.17, 15) is 0 Å². The van der Waals surface area contributed by atoms with Gasteiger partial charge in [0.1, 0.15) is 0 Å². The van der Waals surface area contributed by atoms with Crippen molar-refractivity contribution in [3.05, 3.63) is 41.6 Å². The number of pyridine rings is 1. The molecule has 3 nitrogen and oxygen atoms in total. The molecule has 0 aliphatic rings. The number of benzene rings is 1. The number of hydrogen-bond donors (Lipinski definition) is 1.